The second kappa shape index (κ2) is 7.00. The first-order chi connectivity index (χ1) is 9.24. The van der Waals surface area contributed by atoms with Crippen molar-refractivity contribution < 1.29 is 0 Å². The summed E-state index contributed by atoms with van der Waals surface area (Å²) in [5.41, 5.74) is 2.45. The first kappa shape index (κ1) is 13.7. The molecule has 0 aliphatic carbocycles. The van der Waals surface area contributed by atoms with Gasteiger partial charge in [-0.1, -0.05) is 30.3 Å². The average molecular weight is 255 g/mol. The fraction of sp³-hybridized carbons (Fsp3) is 0.375. The van der Waals surface area contributed by atoms with E-state index in [0.29, 0.717) is 6.04 Å². The van der Waals surface area contributed by atoms with Crippen molar-refractivity contribution in [3.05, 3.63) is 59.7 Å². The van der Waals surface area contributed by atoms with Gasteiger partial charge in [-0.15, -0.1) is 0 Å². The molecule has 0 amide bonds. The molecular weight excluding hydrogens is 234 g/mol. The van der Waals surface area contributed by atoms with Crippen molar-refractivity contribution >= 4 is 0 Å². The number of rotatable bonds is 6. The van der Waals surface area contributed by atoms with Gasteiger partial charge in [0.2, 0.25) is 0 Å². The SMILES string of the molecule is Cc1nccc(CNC(C)CCc2ccccc2)n1. The van der Waals surface area contributed by atoms with Gasteiger partial charge in [0, 0.05) is 18.8 Å². The van der Waals surface area contributed by atoms with E-state index in [1.165, 1.54) is 5.56 Å². The van der Waals surface area contributed by atoms with Crippen LogP contribution in [0.15, 0.2) is 42.6 Å². The zero-order valence-electron chi connectivity index (χ0n) is 11.6. The van der Waals surface area contributed by atoms with Crippen molar-refractivity contribution in [2.75, 3.05) is 0 Å². The van der Waals surface area contributed by atoms with Gasteiger partial charge in [-0.05, 0) is 38.3 Å². The molecule has 0 spiro atoms. The van der Waals surface area contributed by atoms with E-state index in [1.807, 2.05) is 19.2 Å². The lowest BCUT2D eigenvalue weighted by Crippen LogP contribution is -2.26. The molecule has 1 unspecified atom stereocenters. The van der Waals surface area contributed by atoms with E-state index in [9.17, 15) is 0 Å². The standard InChI is InChI=1S/C16H21N3/c1-13(8-9-15-6-4-3-5-7-15)18-12-16-10-11-17-14(2)19-16/h3-7,10-11,13,18H,8-9,12H2,1-2H3. The number of aryl methyl sites for hydroxylation is 2. The Morgan fingerprint density at radius 2 is 1.95 bits per heavy atom. The lowest BCUT2D eigenvalue weighted by molar-refractivity contribution is 0.509. The van der Waals surface area contributed by atoms with E-state index in [-0.39, 0.29) is 0 Å². The molecule has 0 aliphatic heterocycles. The molecule has 0 fully saturated rings. The van der Waals surface area contributed by atoms with Crippen molar-refractivity contribution in [1.29, 1.82) is 0 Å². The van der Waals surface area contributed by atoms with Crippen LogP contribution in [0.25, 0.3) is 0 Å². The molecule has 0 saturated carbocycles. The Morgan fingerprint density at radius 1 is 1.16 bits per heavy atom. The Bertz CT molecular complexity index is 496. The van der Waals surface area contributed by atoms with Gasteiger partial charge in [0.15, 0.2) is 0 Å². The quantitative estimate of drug-likeness (QED) is 0.862. The van der Waals surface area contributed by atoms with Gasteiger partial charge in [-0.25, -0.2) is 9.97 Å². The van der Waals surface area contributed by atoms with Crippen LogP contribution in [0.1, 0.15) is 30.4 Å². The van der Waals surface area contributed by atoms with Gasteiger partial charge in [-0.3, -0.25) is 0 Å². The smallest absolute Gasteiger partial charge is 0.125 e. The van der Waals surface area contributed by atoms with Crippen LogP contribution in [0, 0.1) is 6.92 Å². The molecule has 19 heavy (non-hydrogen) atoms. The van der Waals surface area contributed by atoms with Crippen molar-refractivity contribution in [3.8, 4) is 0 Å². The molecule has 1 N–H and O–H groups in total. The summed E-state index contributed by atoms with van der Waals surface area (Å²) in [5.74, 6) is 0.830. The number of nitrogens with one attached hydrogen (secondary N) is 1. The van der Waals surface area contributed by atoms with Crippen molar-refractivity contribution in [3.63, 3.8) is 0 Å². The fourth-order valence-corrected chi connectivity index (χ4v) is 2.01. The first-order valence-corrected chi connectivity index (χ1v) is 6.80. The number of benzene rings is 1. The average Bonchev–Trinajstić information content (AvgIpc) is 2.44. The third-order valence-electron chi connectivity index (χ3n) is 3.17. The van der Waals surface area contributed by atoms with E-state index in [1.54, 1.807) is 0 Å². The van der Waals surface area contributed by atoms with Gasteiger partial charge < -0.3 is 5.32 Å². The molecule has 0 aliphatic rings. The summed E-state index contributed by atoms with van der Waals surface area (Å²) in [6.07, 6.45) is 4.06. The normalized spacial score (nSPS) is 12.3. The molecule has 1 aromatic carbocycles. The third-order valence-corrected chi connectivity index (χ3v) is 3.17. The molecule has 0 saturated heterocycles. The number of aromatic nitrogens is 2. The lowest BCUT2D eigenvalue weighted by Gasteiger charge is -2.13. The topological polar surface area (TPSA) is 37.8 Å². The zero-order valence-corrected chi connectivity index (χ0v) is 11.6. The van der Waals surface area contributed by atoms with Crippen LogP contribution in [-0.2, 0) is 13.0 Å². The van der Waals surface area contributed by atoms with E-state index in [4.69, 9.17) is 0 Å². The second-order valence-electron chi connectivity index (χ2n) is 4.90. The largest absolute Gasteiger partial charge is 0.309 e. The highest BCUT2D eigenvalue weighted by molar-refractivity contribution is 5.14. The van der Waals surface area contributed by atoms with Gasteiger partial charge in [-0.2, -0.15) is 0 Å². The fourth-order valence-electron chi connectivity index (χ4n) is 2.01. The molecule has 1 heterocycles. The number of nitrogens with zero attached hydrogens (tertiary/aromatic N) is 2. The summed E-state index contributed by atoms with van der Waals surface area (Å²) in [5, 5.41) is 3.51. The lowest BCUT2D eigenvalue weighted by atomic mass is 10.1. The number of hydrogen-bond acceptors (Lipinski definition) is 3. The summed E-state index contributed by atoms with van der Waals surface area (Å²) >= 11 is 0. The molecule has 100 valence electrons. The third kappa shape index (κ3) is 4.79. The molecule has 0 radical (unpaired) electrons. The van der Waals surface area contributed by atoms with Gasteiger partial charge in [0.25, 0.3) is 0 Å². The Labute approximate surface area is 115 Å². The maximum Gasteiger partial charge on any atom is 0.125 e. The van der Waals surface area contributed by atoms with Crippen molar-refractivity contribution in [2.45, 2.75) is 39.3 Å². The van der Waals surface area contributed by atoms with E-state index in [0.717, 1.165) is 30.9 Å². The minimum absolute atomic E-state index is 0.482. The molecule has 3 nitrogen and oxygen atoms in total. The van der Waals surface area contributed by atoms with Crippen LogP contribution in [0.2, 0.25) is 0 Å². The summed E-state index contributed by atoms with van der Waals surface area (Å²) in [7, 11) is 0. The molecule has 0 bridgehead atoms. The van der Waals surface area contributed by atoms with E-state index < -0.39 is 0 Å². The molecule has 1 aromatic heterocycles. The zero-order chi connectivity index (χ0) is 13.5. The van der Waals surface area contributed by atoms with Crippen LogP contribution in [0.3, 0.4) is 0 Å². The summed E-state index contributed by atoms with van der Waals surface area (Å²) in [6, 6.07) is 13.1. The monoisotopic (exact) mass is 255 g/mol. The van der Waals surface area contributed by atoms with Crippen LogP contribution in [0.4, 0.5) is 0 Å². The first-order valence-electron chi connectivity index (χ1n) is 6.80. The van der Waals surface area contributed by atoms with Gasteiger partial charge in [0.1, 0.15) is 5.82 Å². The highest BCUT2D eigenvalue weighted by Crippen LogP contribution is 2.05. The predicted molar refractivity (Wildman–Crippen MR) is 77.8 cm³/mol. The Morgan fingerprint density at radius 3 is 2.68 bits per heavy atom. The summed E-state index contributed by atoms with van der Waals surface area (Å²) < 4.78 is 0. The molecule has 2 rings (SSSR count). The highest BCUT2D eigenvalue weighted by atomic mass is 14.9. The van der Waals surface area contributed by atoms with E-state index >= 15 is 0 Å². The Hall–Kier alpha value is -1.74. The minimum atomic E-state index is 0.482. The minimum Gasteiger partial charge on any atom is -0.309 e. The summed E-state index contributed by atoms with van der Waals surface area (Å²) in [6.45, 7) is 4.94. The van der Waals surface area contributed by atoms with Gasteiger partial charge in [0.05, 0.1) is 5.69 Å². The van der Waals surface area contributed by atoms with Crippen LogP contribution in [-0.4, -0.2) is 16.0 Å². The summed E-state index contributed by atoms with van der Waals surface area (Å²) in [4.78, 5) is 8.49. The van der Waals surface area contributed by atoms with Crippen LogP contribution < -0.4 is 5.32 Å². The Kier molecular flexibility index (Phi) is 5.04. The maximum atomic E-state index is 4.39. The Balaban J connectivity index is 1.74. The van der Waals surface area contributed by atoms with Crippen LogP contribution >= 0.6 is 0 Å². The second-order valence-corrected chi connectivity index (χ2v) is 4.90. The maximum absolute atomic E-state index is 4.39. The van der Waals surface area contributed by atoms with E-state index in [2.05, 4.69) is 52.5 Å². The number of hydrogen-bond donors (Lipinski definition) is 1. The van der Waals surface area contributed by atoms with Crippen molar-refractivity contribution in [2.24, 2.45) is 0 Å². The van der Waals surface area contributed by atoms with Crippen LogP contribution in [0.5, 0.6) is 0 Å². The molecule has 3 heteroatoms. The van der Waals surface area contributed by atoms with Gasteiger partial charge >= 0.3 is 0 Å². The molecule has 1 atom stereocenters. The molecular formula is C16H21N3. The molecule has 2 aromatic rings. The highest BCUT2D eigenvalue weighted by Gasteiger charge is 2.03. The van der Waals surface area contributed by atoms with Crippen molar-refractivity contribution in [1.82, 2.24) is 15.3 Å². The predicted octanol–water partition coefficient (Wildman–Crippen LogP) is 2.90.